The summed E-state index contributed by atoms with van der Waals surface area (Å²) in [7, 11) is 0. The highest BCUT2D eigenvalue weighted by molar-refractivity contribution is 5.91. The molecule has 1 aromatic carbocycles. The third-order valence-electron chi connectivity index (χ3n) is 3.95. The number of amides is 1. The number of nitrogens with zero attached hydrogens (tertiary/aromatic N) is 1. The molecule has 1 aliphatic heterocycles. The number of hydrogen-bond acceptors (Lipinski definition) is 2. The minimum Gasteiger partial charge on any atom is -0.399 e. The van der Waals surface area contributed by atoms with Gasteiger partial charge in [-0.2, -0.15) is 0 Å². The Bertz CT molecular complexity index is 474. The summed E-state index contributed by atoms with van der Waals surface area (Å²) in [6.07, 6.45) is 8.33. The zero-order chi connectivity index (χ0) is 14.4. The van der Waals surface area contributed by atoms with Crippen molar-refractivity contribution >= 4 is 17.7 Å². The fourth-order valence-corrected chi connectivity index (χ4v) is 2.79. The predicted octanol–water partition coefficient (Wildman–Crippen LogP) is 3.32. The maximum absolute atomic E-state index is 12.1. The Kier molecular flexibility index (Phi) is 5.22. The molecule has 0 radical (unpaired) electrons. The zero-order valence-electron chi connectivity index (χ0n) is 12.2. The van der Waals surface area contributed by atoms with Crippen LogP contribution in [0.1, 0.15) is 38.2 Å². The van der Waals surface area contributed by atoms with Gasteiger partial charge in [0.25, 0.3) is 0 Å². The lowest BCUT2D eigenvalue weighted by atomic mass is 9.92. The largest absolute Gasteiger partial charge is 0.399 e. The van der Waals surface area contributed by atoms with E-state index >= 15 is 0 Å². The van der Waals surface area contributed by atoms with E-state index in [4.69, 9.17) is 5.73 Å². The first-order chi connectivity index (χ1) is 9.69. The SMILES string of the molecule is CCCC1CCN(C(=O)/C=C/c2cccc(N)c2)CC1. The highest BCUT2D eigenvalue weighted by atomic mass is 16.2. The second kappa shape index (κ2) is 7.13. The first-order valence-electron chi connectivity index (χ1n) is 7.51. The van der Waals surface area contributed by atoms with E-state index in [2.05, 4.69) is 6.92 Å². The standard InChI is InChI=1S/C17H24N2O/c1-2-4-14-9-11-19(12-10-14)17(20)8-7-15-5-3-6-16(18)13-15/h3,5-8,13-14H,2,4,9-12,18H2,1H3/b8-7+. The van der Waals surface area contributed by atoms with Crippen LogP contribution >= 0.6 is 0 Å². The summed E-state index contributed by atoms with van der Waals surface area (Å²) in [4.78, 5) is 14.1. The van der Waals surface area contributed by atoms with Crippen LogP contribution in [0.2, 0.25) is 0 Å². The van der Waals surface area contributed by atoms with Gasteiger partial charge in [0.1, 0.15) is 0 Å². The number of benzene rings is 1. The minimum absolute atomic E-state index is 0.113. The van der Waals surface area contributed by atoms with Gasteiger partial charge in [-0.3, -0.25) is 4.79 Å². The quantitative estimate of drug-likeness (QED) is 0.675. The molecule has 20 heavy (non-hydrogen) atoms. The van der Waals surface area contributed by atoms with Crippen molar-refractivity contribution in [1.82, 2.24) is 4.90 Å². The van der Waals surface area contributed by atoms with Crippen molar-refractivity contribution in [2.24, 2.45) is 5.92 Å². The van der Waals surface area contributed by atoms with E-state index < -0.39 is 0 Å². The van der Waals surface area contributed by atoms with Crippen molar-refractivity contribution < 1.29 is 4.79 Å². The Morgan fingerprint density at radius 2 is 2.15 bits per heavy atom. The van der Waals surface area contributed by atoms with Gasteiger partial charge in [-0.1, -0.05) is 31.9 Å². The van der Waals surface area contributed by atoms with Crippen LogP contribution in [0.5, 0.6) is 0 Å². The van der Waals surface area contributed by atoms with Crippen LogP contribution < -0.4 is 5.73 Å². The van der Waals surface area contributed by atoms with E-state index in [1.807, 2.05) is 35.2 Å². The molecule has 0 spiro atoms. The van der Waals surface area contributed by atoms with E-state index in [-0.39, 0.29) is 5.91 Å². The second-order valence-electron chi connectivity index (χ2n) is 5.56. The van der Waals surface area contributed by atoms with Crippen molar-refractivity contribution in [2.75, 3.05) is 18.8 Å². The Morgan fingerprint density at radius 3 is 2.80 bits per heavy atom. The summed E-state index contributed by atoms with van der Waals surface area (Å²) < 4.78 is 0. The van der Waals surface area contributed by atoms with Crippen LogP contribution in [0, 0.1) is 5.92 Å². The molecule has 3 heteroatoms. The summed E-state index contributed by atoms with van der Waals surface area (Å²) in [5.74, 6) is 0.921. The predicted molar refractivity (Wildman–Crippen MR) is 84.1 cm³/mol. The van der Waals surface area contributed by atoms with Crippen molar-refractivity contribution in [3.05, 3.63) is 35.9 Å². The Labute approximate surface area is 121 Å². The molecule has 1 amide bonds. The van der Waals surface area contributed by atoms with E-state index in [9.17, 15) is 4.79 Å². The van der Waals surface area contributed by atoms with Crippen LogP contribution in [0.15, 0.2) is 30.3 Å². The molecule has 3 nitrogen and oxygen atoms in total. The summed E-state index contributed by atoms with van der Waals surface area (Å²) >= 11 is 0. The molecule has 108 valence electrons. The molecule has 1 saturated heterocycles. The number of anilines is 1. The molecule has 0 aliphatic carbocycles. The molecule has 2 N–H and O–H groups in total. The molecule has 2 rings (SSSR count). The average molecular weight is 272 g/mol. The summed E-state index contributed by atoms with van der Waals surface area (Å²) in [5.41, 5.74) is 7.42. The van der Waals surface area contributed by atoms with Gasteiger partial charge in [0, 0.05) is 24.9 Å². The molecule has 1 fully saturated rings. The molecule has 1 heterocycles. The van der Waals surface area contributed by atoms with Crippen molar-refractivity contribution in [3.63, 3.8) is 0 Å². The maximum atomic E-state index is 12.1. The van der Waals surface area contributed by atoms with Crippen molar-refractivity contribution in [3.8, 4) is 0 Å². The number of carbonyl (C=O) groups excluding carboxylic acids is 1. The minimum atomic E-state index is 0.113. The van der Waals surface area contributed by atoms with Gasteiger partial charge >= 0.3 is 0 Å². The van der Waals surface area contributed by atoms with Gasteiger partial charge in [0.2, 0.25) is 5.91 Å². The fourth-order valence-electron chi connectivity index (χ4n) is 2.79. The molecule has 1 aromatic rings. The lowest BCUT2D eigenvalue weighted by molar-refractivity contribution is -0.127. The number of likely N-dealkylation sites (tertiary alicyclic amines) is 1. The van der Waals surface area contributed by atoms with Crippen molar-refractivity contribution in [1.29, 1.82) is 0 Å². The first-order valence-corrected chi connectivity index (χ1v) is 7.51. The summed E-state index contributed by atoms with van der Waals surface area (Å²) in [6, 6.07) is 7.57. The lowest BCUT2D eigenvalue weighted by Gasteiger charge is -2.31. The molecule has 0 aromatic heterocycles. The van der Waals surface area contributed by atoms with Crippen LogP contribution in [0.25, 0.3) is 6.08 Å². The van der Waals surface area contributed by atoms with Crippen LogP contribution in [-0.4, -0.2) is 23.9 Å². The highest BCUT2D eigenvalue weighted by Crippen LogP contribution is 2.21. The van der Waals surface area contributed by atoms with Crippen LogP contribution in [0.3, 0.4) is 0 Å². The number of hydrogen-bond donors (Lipinski definition) is 1. The normalized spacial score (nSPS) is 16.8. The number of nitrogen functional groups attached to an aromatic ring is 1. The fraction of sp³-hybridized carbons (Fsp3) is 0.471. The third-order valence-corrected chi connectivity index (χ3v) is 3.95. The molecule has 0 bridgehead atoms. The lowest BCUT2D eigenvalue weighted by Crippen LogP contribution is -2.37. The maximum Gasteiger partial charge on any atom is 0.246 e. The average Bonchev–Trinajstić information content (AvgIpc) is 2.46. The van der Waals surface area contributed by atoms with Gasteiger partial charge in [-0.25, -0.2) is 0 Å². The Hall–Kier alpha value is -1.77. The summed E-state index contributed by atoms with van der Waals surface area (Å²) in [6.45, 7) is 4.02. The van der Waals surface area contributed by atoms with Gasteiger partial charge in [-0.15, -0.1) is 0 Å². The molecule has 0 saturated carbocycles. The molecular weight excluding hydrogens is 248 g/mol. The van der Waals surface area contributed by atoms with E-state index in [0.29, 0.717) is 0 Å². The number of piperidine rings is 1. The first kappa shape index (κ1) is 14.6. The topological polar surface area (TPSA) is 46.3 Å². The van der Waals surface area contributed by atoms with E-state index in [0.717, 1.165) is 43.1 Å². The van der Waals surface area contributed by atoms with Crippen LogP contribution in [0.4, 0.5) is 5.69 Å². The zero-order valence-corrected chi connectivity index (χ0v) is 12.2. The van der Waals surface area contributed by atoms with Gasteiger partial charge in [0.15, 0.2) is 0 Å². The number of rotatable bonds is 4. The molecular formula is C17H24N2O. The smallest absolute Gasteiger partial charge is 0.246 e. The molecule has 1 aliphatic rings. The van der Waals surface area contributed by atoms with Crippen LogP contribution in [-0.2, 0) is 4.79 Å². The van der Waals surface area contributed by atoms with E-state index in [1.54, 1.807) is 6.08 Å². The third kappa shape index (κ3) is 4.12. The molecule has 0 unspecified atom stereocenters. The highest BCUT2D eigenvalue weighted by Gasteiger charge is 2.20. The van der Waals surface area contributed by atoms with E-state index in [1.165, 1.54) is 12.8 Å². The molecule has 0 atom stereocenters. The van der Waals surface area contributed by atoms with Gasteiger partial charge in [-0.05, 0) is 42.5 Å². The number of nitrogens with two attached hydrogens (primary N) is 1. The van der Waals surface area contributed by atoms with Gasteiger partial charge in [0.05, 0.1) is 0 Å². The Balaban J connectivity index is 1.86. The van der Waals surface area contributed by atoms with Crippen molar-refractivity contribution in [2.45, 2.75) is 32.6 Å². The monoisotopic (exact) mass is 272 g/mol. The summed E-state index contributed by atoms with van der Waals surface area (Å²) in [5, 5.41) is 0. The Morgan fingerprint density at radius 1 is 1.40 bits per heavy atom. The number of carbonyl (C=O) groups is 1. The second-order valence-corrected chi connectivity index (χ2v) is 5.56. The van der Waals surface area contributed by atoms with Gasteiger partial charge < -0.3 is 10.6 Å².